The second-order valence-corrected chi connectivity index (χ2v) is 5.22. The third-order valence-electron chi connectivity index (χ3n) is 3.82. The summed E-state index contributed by atoms with van der Waals surface area (Å²) in [7, 11) is 2.06. The van der Waals surface area contributed by atoms with Gasteiger partial charge in [0, 0.05) is 13.6 Å². The minimum atomic E-state index is 0.133. The predicted molar refractivity (Wildman–Crippen MR) is 82.8 cm³/mol. The second-order valence-electron chi connectivity index (χ2n) is 5.22. The average Bonchev–Trinajstić information content (AvgIpc) is 2.78. The number of aromatic nitrogens is 2. The van der Waals surface area contributed by atoms with E-state index >= 15 is 0 Å². The summed E-state index contributed by atoms with van der Waals surface area (Å²) < 4.78 is 2.15. The molecule has 0 aliphatic heterocycles. The molecule has 20 heavy (non-hydrogen) atoms. The van der Waals surface area contributed by atoms with E-state index in [2.05, 4.69) is 48.9 Å². The highest BCUT2D eigenvalue weighted by Crippen LogP contribution is 2.26. The van der Waals surface area contributed by atoms with Gasteiger partial charge in [-0.2, -0.15) is 0 Å². The molecule has 1 atom stereocenters. The van der Waals surface area contributed by atoms with Crippen molar-refractivity contribution in [3.05, 3.63) is 65.5 Å². The molecule has 3 heteroatoms. The molecular weight excluding hydrogens is 246 g/mol. The van der Waals surface area contributed by atoms with E-state index in [1.54, 1.807) is 0 Å². The zero-order valence-corrected chi connectivity index (χ0v) is 11.9. The molecule has 0 saturated carbocycles. The van der Waals surface area contributed by atoms with Gasteiger partial charge < -0.3 is 10.3 Å². The maximum Gasteiger partial charge on any atom is 0.118 e. The fourth-order valence-corrected chi connectivity index (χ4v) is 2.72. The van der Waals surface area contributed by atoms with Gasteiger partial charge in [-0.05, 0) is 30.2 Å². The molecule has 0 saturated heterocycles. The number of hydrogen-bond acceptors (Lipinski definition) is 2. The summed E-state index contributed by atoms with van der Waals surface area (Å²) >= 11 is 0. The number of imidazole rings is 1. The van der Waals surface area contributed by atoms with E-state index in [9.17, 15) is 0 Å². The zero-order valence-electron chi connectivity index (χ0n) is 11.9. The molecule has 0 bridgehead atoms. The Morgan fingerprint density at radius 3 is 2.60 bits per heavy atom. The van der Waals surface area contributed by atoms with Gasteiger partial charge in [-0.15, -0.1) is 0 Å². The SMILES string of the molecule is Cc1ccc2c(c1)nc(C(CN)c1ccccc1)n2C. The van der Waals surface area contributed by atoms with E-state index in [-0.39, 0.29) is 5.92 Å². The maximum atomic E-state index is 6.00. The Labute approximate surface area is 119 Å². The van der Waals surface area contributed by atoms with E-state index in [0.717, 1.165) is 16.9 Å². The summed E-state index contributed by atoms with van der Waals surface area (Å²) in [6.07, 6.45) is 0. The first-order valence-corrected chi connectivity index (χ1v) is 6.88. The molecule has 0 aliphatic carbocycles. The van der Waals surface area contributed by atoms with Gasteiger partial charge in [0.05, 0.1) is 17.0 Å². The van der Waals surface area contributed by atoms with Crippen LogP contribution in [0.2, 0.25) is 0 Å². The normalized spacial score (nSPS) is 12.8. The van der Waals surface area contributed by atoms with Crippen molar-refractivity contribution in [2.75, 3.05) is 6.54 Å². The van der Waals surface area contributed by atoms with Crippen molar-refractivity contribution in [1.29, 1.82) is 0 Å². The molecule has 0 fully saturated rings. The van der Waals surface area contributed by atoms with E-state index in [0.29, 0.717) is 6.54 Å². The third kappa shape index (κ3) is 2.10. The van der Waals surface area contributed by atoms with Gasteiger partial charge in [0.2, 0.25) is 0 Å². The van der Waals surface area contributed by atoms with E-state index < -0.39 is 0 Å². The topological polar surface area (TPSA) is 43.8 Å². The Bertz CT molecular complexity index is 729. The lowest BCUT2D eigenvalue weighted by atomic mass is 9.98. The molecule has 1 heterocycles. The minimum Gasteiger partial charge on any atom is -0.331 e. The van der Waals surface area contributed by atoms with Crippen molar-refractivity contribution >= 4 is 11.0 Å². The van der Waals surface area contributed by atoms with Crippen molar-refractivity contribution in [1.82, 2.24) is 9.55 Å². The Morgan fingerprint density at radius 1 is 1.15 bits per heavy atom. The third-order valence-corrected chi connectivity index (χ3v) is 3.82. The number of benzene rings is 2. The lowest BCUT2D eigenvalue weighted by molar-refractivity contribution is 0.708. The molecule has 1 unspecified atom stereocenters. The quantitative estimate of drug-likeness (QED) is 0.791. The van der Waals surface area contributed by atoms with Crippen molar-refractivity contribution in [3.63, 3.8) is 0 Å². The van der Waals surface area contributed by atoms with Crippen molar-refractivity contribution < 1.29 is 0 Å². The summed E-state index contributed by atoms with van der Waals surface area (Å²) in [6.45, 7) is 2.64. The summed E-state index contributed by atoms with van der Waals surface area (Å²) in [5.74, 6) is 1.16. The van der Waals surface area contributed by atoms with Gasteiger partial charge in [0.25, 0.3) is 0 Å². The number of rotatable bonds is 3. The van der Waals surface area contributed by atoms with Crippen molar-refractivity contribution in [3.8, 4) is 0 Å². The van der Waals surface area contributed by atoms with Crippen LogP contribution in [0.3, 0.4) is 0 Å². The number of nitrogens with two attached hydrogens (primary N) is 1. The molecule has 102 valence electrons. The molecule has 2 N–H and O–H groups in total. The van der Waals surface area contributed by atoms with E-state index in [1.807, 2.05) is 18.2 Å². The Balaban J connectivity index is 2.15. The van der Waals surface area contributed by atoms with Gasteiger partial charge >= 0.3 is 0 Å². The summed E-state index contributed by atoms with van der Waals surface area (Å²) in [6, 6.07) is 16.7. The van der Waals surface area contributed by atoms with Crippen molar-refractivity contribution in [2.24, 2.45) is 12.8 Å². The van der Waals surface area contributed by atoms with Gasteiger partial charge in [-0.25, -0.2) is 4.98 Å². The lowest BCUT2D eigenvalue weighted by Crippen LogP contribution is -2.17. The Kier molecular flexibility index (Phi) is 3.28. The fourth-order valence-electron chi connectivity index (χ4n) is 2.72. The molecule has 3 nitrogen and oxygen atoms in total. The highest BCUT2D eigenvalue weighted by Gasteiger charge is 2.19. The standard InChI is InChI=1S/C17H19N3/c1-12-8-9-16-15(10-12)19-17(20(16)2)14(11-18)13-6-4-3-5-7-13/h3-10,14H,11,18H2,1-2H3. The Hall–Kier alpha value is -2.13. The van der Waals surface area contributed by atoms with Gasteiger partial charge in [-0.1, -0.05) is 36.4 Å². The average molecular weight is 265 g/mol. The van der Waals surface area contributed by atoms with Crippen LogP contribution in [0.4, 0.5) is 0 Å². The molecule has 0 aliphatic rings. The maximum absolute atomic E-state index is 6.00. The predicted octanol–water partition coefficient (Wildman–Crippen LogP) is 2.97. The number of nitrogens with zero attached hydrogens (tertiary/aromatic N) is 2. The molecule has 0 spiro atoms. The molecular formula is C17H19N3. The van der Waals surface area contributed by atoms with Crippen LogP contribution in [-0.4, -0.2) is 16.1 Å². The molecule has 0 amide bonds. The number of aryl methyl sites for hydroxylation is 2. The van der Waals surface area contributed by atoms with Crippen LogP contribution in [-0.2, 0) is 7.05 Å². The fraction of sp³-hybridized carbons (Fsp3) is 0.235. The molecule has 2 aromatic carbocycles. The van der Waals surface area contributed by atoms with E-state index in [1.165, 1.54) is 11.1 Å². The molecule has 1 aromatic heterocycles. The van der Waals surface area contributed by atoms with Gasteiger partial charge in [-0.3, -0.25) is 0 Å². The van der Waals surface area contributed by atoms with Crippen LogP contribution >= 0.6 is 0 Å². The van der Waals surface area contributed by atoms with Crippen LogP contribution in [0.15, 0.2) is 48.5 Å². The molecule has 0 radical (unpaired) electrons. The first-order valence-electron chi connectivity index (χ1n) is 6.88. The summed E-state index contributed by atoms with van der Waals surface area (Å²) in [4.78, 5) is 4.80. The van der Waals surface area contributed by atoms with Gasteiger partial charge in [0.15, 0.2) is 0 Å². The van der Waals surface area contributed by atoms with Crippen molar-refractivity contribution in [2.45, 2.75) is 12.8 Å². The monoisotopic (exact) mass is 265 g/mol. The minimum absolute atomic E-state index is 0.133. The smallest absolute Gasteiger partial charge is 0.118 e. The van der Waals surface area contributed by atoms with Gasteiger partial charge in [0.1, 0.15) is 5.82 Å². The van der Waals surface area contributed by atoms with Crippen LogP contribution in [0.25, 0.3) is 11.0 Å². The lowest BCUT2D eigenvalue weighted by Gasteiger charge is -2.15. The first kappa shape index (κ1) is 12.9. The summed E-state index contributed by atoms with van der Waals surface area (Å²) in [5, 5.41) is 0. The Morgan fingerprint density at radius 2 is 1.90 bits per heavy atom. The van der Waals surface area contributed by atoms with Crippen LogP contribution < -0.4 is 5.73 Å². The largest absolute Gasteiger partial charge is 0.331 e. The van der Waals surface area contributed by atoms with Crippen LogP contribution in [0, 0.1) is 6.92 Å². The zero-order chi connectivity index (χ0) is 14.1. The number of fused-ring (bicyclic) bond motifs is 1. The second kappa shape index (κ2) is 5.10. The van der Waals surface area contributed by atoms with Crippen LogP contribution in [0.5, 0.6) is 0 Å². The number of hydrogen-bond donors (Lipinski definition) is 1. The molecule has 3 rings (SSSR count). The highest BCUT2D eigenvalue weighted by atomic mass is 15.1. The highest BCUT2D eigenvalue weighted by molar-refractivity contribution is 5.77. The first-order chi connectivity index (χ1) is 9.70. The summed E-state index contributed by atoms with van der Waals surface area (Å²) in [5.41, 5.74) is 10.6. The van der Waals surface area contributed by atoms with E-state index in [4.69, 9.17) is 10.7 Å². The van der Waals surface area contributed by atoms with Crippen LogP contribution in [0.1, 0.15) is 22.9 Å². The molecule has 3 aromatic rings.